The Hall–Kier alpha value is -1.21. The Balaban J connectivity index is 0.00000126. The summed E-state index contributed by atoms with van der Waals surface area (Å²) in [6, 6.07) is 1.16. The van der Waals surface area contributed by atoms with Crippen molar-refractivity contribution in [3.05, 3.63) is 0 Å². The van der Waals surface area contributed by atoms with Crippen LogP contribution in [0.4, 0.5) is 10.3 Å². The molecule has 27 heavy (non-hydrogen) atoms. The van der Waals surface area contributed by atoms with Crippen molar-refractivity contribution in [2.75, 3.05) is 23.7 Å². The van der Waals surface area contributed by atoms with E-state index in [2.05, 4.69) is 32.7 Å². The monoisotopic (exact) mass is 395 g/mol. The third-order valence-corrected chi connectivity index (χ3v) is 6.08. The highest BCUT2D eigenvalue weighted by molar-refractivity contribution is 7.19. The summed E-state index contributed by atoms with van der Waals surface area (Å²) in [4.78, 5) is 13.8. The summed E-state index contributed by atoms with van der Waals surface area (Å²) in [5.41, 5.74) is 0. The van der Waals surface area contributed by atoms with E-state index in [1.165, 1.54) is 69.8 Å². The van der Waals surface area contributed by atoms with Crippen molar-refractivity contribution in [2.45, 2.75) is 91.1 Å². The summed E-state index contributed by atoms with van der Waals surface area (Å²) in [6.07, 6.45) is 10.8. The van der Waals surface area contributed by atoms with E-state index < -0.39 is 0 Å². The van der Waals surface area contributed by atoms with Crippen molar-refractivity contribution >= 4 is 27.5 Å². The number of hydrogen-bond acceptors (Lipinski definition) is 6. The zero-order valence-electron chi connectivity index (χ0n) is 17.5. The minimum Gasteiger partial charge on any atom is -0.356 e. The van der Waals surface area contributed by atoms with Gasteiger partial charge in [0.1, 0.15) is 0 Å². The van der Waals surface area contributed by atoms with Crippen molar-refractivity contribution in [1.82, 2.24) is 15.1 Å². The van der Waals surface area contributed by atoms with Crippen LogP contribution in [0.3, 0.4) is 0 Å². The molecule has 0 bridgehead atoms. The minimum atomic E-state index is -0.107. The molecule has 0 radical (unpaired) electrons. The molecule has 1 aromatic rings. The molecule has 1 saturated heterocycles. The van der Waals surface area contributed by atoms with Gasteiger partial charge in [0.2, 0.25) is 16.2 Å². The van der Waals surface area contributed by atoms with Gasteiger partial charge < -0.3 is 10.6 Å². The van der Waals surface area contributed by atoms with Crippen LogP contribution in [0.5, 0.6) is 0 Å². The minimum absolute atomic E-state index is 0.107. The second kappa shape index (κ2) is 11.6. The molecule has 2 atom stereocenters. The molecule has 1 saturated carbocycles. The number of carbonyl (C=O) groups is 1. The van der Waals surface area contributed by atoms with Gasteiger partial charge in [0, 0.05) is 32.1 Å². The summed E-state index contributed by atoms with van der Waals surface area (Å²) in [7, 11) is 0. The fraction of sp³-hybridized carbons (Fsp3) is 0.850. The number of piperidine rings is 1. The van der Waals surface area contributed by atoms with E-state index in [0.29, 0.717) is 17.1 Å². The Kier molecular flexibility index (Phi) is 9.48. The highest BCUT2D eigenvalue weighted by Gasteiger charge is 2.30. The van der Waals surface area contributed by atoms with Gasteiger partial charge in [0.25, 0.3) is 0 Å². The van der Waals surface area contributed by atoms with Crippen LogP contribution < -0.4 is 10.6 Å². The summed E-state index contributed by atoms with van der Waals surface area (Å²) in [6.45, 7) is 10.1. The molecule has 2 heterocycles. The van der Waals surface area contributed by atoms with E-state index in [4.69, 9.17) is 0 Å². The lowest BCUT2D eigenvalue weighted by atomic mass is 9.90. The number of hydrogen-bond donors (Lipinski definition) is 2. The number of carbonyl (C=O) groups excluding carboxylic acids is 1. The summed E-state index contributed by atoms with van der Waals surface area (Å²) in [5.74, 6) is 0.587. The topological polar surface area (TPSA) is 70.1 Å². The molecule has 1 amide bonds. The SMILES string of the molecule is CC.CC(=O)Nc1nnc(NC2CC(C)CN(C3CCCCCCC3)C2)s1. The molecule has 1 aliphatic carbocycles. The predicted octanol–water partition coefficient (Wildman–Crippen LogP) is 4.76. The van der Waals surface area contributed by atoms with E-state index in [0.717, 1.165) is 24.1 Å². The fourth-order valence-electron chi connectivity index (χ4n) is 4.25. The van der Waals surface area contributed by atoms with E-state index >= 15 is 0 Å². The number of amides is 1. The molecule has 2 fully saturated rings. The number of likely N-dealkylation sites (tertiary alicyclic amines) is 1. The van der Waals surface area contributed by atoms with Crippen LogP contribution in [0.2, 0.25) is 0 Å². The van der Waals surface area contributed by atoms with Gasteiger partial charge in [-0.1, -0.05) is 64.2 Å². The first-order valence-corrected chi connectivity index (χ1v) is 11.5. The van der Waals surface area contributed by atoms with E-state index in [-0.39, 0.29) is 5.91 Å². The third-order valence-electron chi connectivity index (χ3n) is 5.31. The molecule has 2 aliphatic rings. The molecule has 0 aromatic carbocycles. The van der Waals surface area contributed by atoms with Crippen LogP contribution in [-0.2, 0) is 4.79 Å². The van der Waals surface area contributed by atoms with Gasteiger partial charge in [-0.2, -0.15) is 0 Å². The molecule has 2 unspecified atom stereocenters. The second-order valence-corrected chi connectivity index (χ2v) is 8.71. The zero-order valence-corrected chi connectivity index (χ0v) is 18.3. The Bertz CT molecular complexity index is 556. The molecule has 154 valence electrons. The average molecular weight is 396 g/mol. The maximum atomic E-state index is 11.1. The van der Waals surface area contributed by atoms with Crippen LogP contribution in [0.25, 0.3) is 0 Å². The van der Waals surface area contributed by atoms with E-state index in [1.54, 1.807) is 0 Å². The average Bonchev–Trinajstić information content (AvgIpc) is 3.02. The standard InChI is InChI=1S/C18H31N5OS.C2H6/c1-13-10-15(20-18-22-21-17(25-18)19-14(2)24)12-23(11-13)16-8-6-4-3-5-7-9-16;1-2/h13,15-16H,3-12H2,1-2H3,(H,20,22)(H,19,21,24);1-2H3. The fourth-order valence-corrected chi connectivity index (χ4v) is 5.02. The summed E-state index contributed by atoms with van der Waals surface area (Å²) < 4.78 is 0. The van der Waals surface area contributed by atoms with Gasteiger partial charge in [0.05, 0.1) is 0 Å². The Morgan fingerprint density at radius 2 is 1.67 bits per heavy atom. The molecule has 7 heteroatoms. The molecule has 0 spiro atoms. The van der Waals surface area contributed by atoms with E-state index in [1.807, 2.05) is 13.8 Å². The smallest absolute Gasteiger partial charge is 0.223 e. The lowest BCUT2D eigenvalue weighted by Gasteiger charge is -2.42. The van der Waals surface area contributed by atoms with Gasteiger partial charge in [-0.3, -0.25) is 9.69 Å². The molecule has 3 rings (SSSR count). The maximum absolute atomic E-state index is 11.1. The molecule has 6 nitrogen and oxygen atoms in total. The van der Waals surface area contributed by atoms with Gasteiger partial charge >= 0.3 is 0 Å². The first kappa shape index (κ1) is 22.1. The highest BCUT2D eigenvalue weighted by Crippen LogP contribution is 2.28. The maximum Gasteiger partial charge on any atom is 0.223 e. The van der Waals surface area contributed by atoms with Crippen molar-refractivity contribution in [3.63, 3.8) is 0 Å². The normalized spacial score (nSPS) is 24.9. The van der Waals surface area contributed by atoms with Gasteiger partial charge in [-0.05, 0) is 25.2 Å². The lowest BCUT2D eigenvalue weighted by molar-refractivity contribution is -0.114. The van der Waals surface area contributed by atoms with Gasteiger partial charge in [-0.25, -0.2) is 0 Å². The zero-order chi connectivity index (χ0) is 19.6. The van der Waals surface area contributed by atoms with Gasteiger partial charge in [-0.15, -0.1) is 10.2 Å². The van der Waals surface area contributed by atoms with Crippen molar-refractivity contribution in [3.8, 4) is 0 Å². The highest BCUT2D eigenvalue weighted by atomic mass is 32.1. The lowest BCUT2D eigenvalue weighted by Crippen LogP contribution is -2.50. The Morgan fingerprint density at radius 3 is 2.33 bits per heavy atom. The van der Waals surface area contributed by atoms with Crippen molar-refractivity contribution < 1.29 is 4.79 Å². The Labute approximate surface area is 168 Å². The predicted molar refractivity (Wildman–Crippen MR) is 114 cm³/mol. The summed E-state index contributed by atoms with van der Waals surface area (Å²) >= 11 is 1.42. The molecular formula is C20H37N5OS. The Morgan fingerprint density at radius 1 is 1.04 bits per heavy atom. The third kappa shape index (κ3) is 7.37. The van der Waals surface area contributed by atoms with Crippen LogP contribution in [-0.4, -0.2) is 46.2 Å². The molecular weight excluding hydrogens is 358 g/mol. The van der Waals surface area contributed by atoms with Crippen molar-refractivity contribution in [1.29, 1.82) is 0 Å². The quantitative estimate of drug-likeness (QED) is 0.769. The van der Waals surface area contributed by atoms with Crippen LogP contribution >= 0.6 is 11.3 Å². The summed E-state index contributed by atoms with van der Waals surface area (Å²) in [5, 5.41) is 15.8. The molecule has 1 aliphatic heterocycles. The molecule has 2 N–H and O–H groups in total. The second-order valence-electron chi connectivity index (χ2n) is 7.73. The van der Waals surface area contributed by atoms with Crippen LogP contribution in [0.15, 0.2) is 0 Å². The number of nitrogens with zero attached hydrogens (tertiary/aromatic N) is 3. The first-order valence-electron chi connectivity index (χ1n) is 10.7. The van der Waals surface area contributed by atoms with Crippen molar-refractivity contribution in [2.24, 2.45) is 5.92 Å². The largest absolute Gasteiger partial charge is 0.356 e. The van der Waals surface area contributed by atoms with Gasteiger partial charge in [0.15, 0.2) is 0 Å². The first-order chi connectivity index (χ1) is 13.1. The number of nitrogens with one attached hydrogen (secondary N) is 2. The molecule has 1 aromatic heterocycles. The number of rotatable bonds is 4. The van der Waals surface area contributed by atoms with Crippen LogP contribution in [0, 0.1) is 5.92 Å². The van der Waals surface area contributed by atoms with Crippen LogP contribution in [0.1, 0.15) is 79.1 Å². The van der Waals surface area contributed by atoms with E-state index in [9.17, 15) is 4.79 Å². The number of aromatic nitrogens is 2. The number of anilines is 2.